The van der Waals surface area contributed by atoms with E-state index in [1.165, 1.54) is 12.1 Å². The van der Waals surface area contributed by atoms with Gasteiger partial charge in [-0.25, -0.2) is 8.78 Å². The molecule has 0 amide bonds. The molecule has 0 radical (unpaired) electrons. The van der Waals surface area contributed by atoms with Crippen LogP contribution in [-0.2, 0) is 13.6 Å². The first kappa shape index (κ1) is 19.5. The molecule has 29 heavy (non-hydrogen) atoms. The third-order valence-electron chi connectivity index (χ3n) is 5.18. The van der Waals surface area contributed by atoms with E-state index in [-0.39, 0.29) is 6.04 Å². The monoisotopic (exact) mass is 394 g/mol. The number of benzene rings is 2. The SMILES string of the molecule is CN(Cc1cnn(C)c1)CN1CC(c2cc(F)ccc2F)=CC1c1ccccc1. The highest BCUT2D eigenvalue weighted by Gasteiger charge is 2.28. The minimum Gasteiger partial charge on any atom is -0.289 e. The number of aromatic nitrogens is 2. The van der Waals surface area contributed by atoms with Gasteiger partial charge in [-0.05, 0) is 36.4 Å². The summed E-state index contributed by atoms with van der Waals surface area (Å²) >= 11 is 0. The van der Waals surface area contributed by atoms with Gasteiger partial charge in [-0.15, -0.1) is 0 Å². The molecule has 1 aromatic heterocycles. The number of halogens is 2. The van der Waals surface area contributed by atoms with Crippen LogP contribution in [0, 0.1) is 11.6 Å². The lowest BCUT2D eigenvalue weighted by Gasteiger charge is -2.29. The zero-order valence-corrected chi connectivity index (χ0v) is 16.6. The van der Waals surface area contributed by atoms with Crippen LogP contribution in [0.2, 0.25) is 0 Å². The third kappa shape index (κ3) is 4.44. The molecule has 0 fully saturated rings. The minimum atomic E-state index is -0.425. The predicted octanol–water partition coefficient (Wildman–Crippen LogP) is 4.23. The first-order valence-electron chi connectivity index (χ1n) is 9.61. The molecule has 1 aliphatic heterocycles. The van der Waals surface area contributed by atoms with E-state index in [0.717, 1.165) is 29.3 Å². The molecule has 4 nitrogen and oxygen atoms in total. The van der Waals surface area contributed by atoms with Crippen LogP contribution >= 0.6 is 0 Å². The maximum atomic E-state index is 14.4. The minimum absolute atomic E-state index is 0.00483. The number of hydrogen-bond donors (Lipinski definition) is 0. The van der Waals surface area contributed by atoms with Crippen molar-refractivity contribution in [2.75, 3.05) is 20.3 Å². The molecule has 2 aromatic carbocycles. The molecule has 3 aromatic rings. The Morgan fingerprint density at radius 2 is 1.93 bits per heavy atom. The fraction of sp³-hybridized carbons (Fsp3) is 0.261. The van der Waals surface area contributed by atoms with E-state index in [2.05, 4.69) is 34.1 Å². The molecule has 0 N–H and O–H groups in total. The smallest absolute Gasteiger partial charge is 0.130 e. The van der Waals surface area contributed by atoms with Crippen LogP contribution in [0.1, 0.15) is 22.7 Å². The van der Waals surface area contributed by atoms with Crippen molar-refractivity contribution in [2.24, 2.45) is 7.05 Å². The second kappa shape index (κ2) is 8.27. The van der Waals surface area contributed by atoms with Gasteiger partial charge in [0, 0.05) is 37.5 Å². The second-order valence-electron chi connectivity index (χ2n) is 7.60. The first-order valence-corrected chi connectivity index (χ1v) is 9.61. The molecule has 150 valence electrons. The highest BCUT2D eigenvalue weighted by atomic mass is 19.1. The Hall–Kier alpha value is -2.83. The van der Waals surface area contributed by atoms with Gasteiger partial charge in [0.1, 0.15) is 11.6 Å². The van der Waals surface area contributed by atoms with Crippen molar-refractivity contribution in [3.05, 3.63) is 95.3 Å². The molecule has 0 saturated heterocycles. The van der Waals surface area contributed by atoms with E-state index >= 15 is 0 Å². The Morgan fingerprint density at radius 3 is 2.66 bits per heavy atom. The van der Waals surface area contributed by atoms with Crippen LogP contribution in [0.3, 0.4) is 0 Å². The van der Waals surface area contributed by atoms with Crippen molar-refractivity contribution in [2.45, 2.75) is 12.6 Å². The van der Waals surface area contributed by atoms with E-state index in [0.29, 0.717) is 18.8 Å². The number of nitrogens with zero attached hydrogens (tertiary/aromatic N) is 4. The second-order valence-corrected chi connectivity index (χ2v) is 7.60. The fourth-order valence-corrected chi connectivity index (χ4v) is 3.90. The molecule has 2 heterocycles. The molecule has 1 aliphatic rings. The van der Waals surface area contributed by atoms with Gasteiger partial charge in [0.05, 0.1) is 18.9 Å². The summed E-state index contributed by atoms with van der Waals surface area (Å²) in [6, 6.07) is 13.8. The topological polar surface area (TPSA) is 24.3 Å². The zero-order valence-electron chi connectivity index (χ0n) is 16.6. The van der Waals surface area contributed by atoms with E-state index < -0.39 is 11.6 Å². The maximum absolute atomic E-state index is 14.4. The number of aryl methyl sites for hydroxylation is 1. The predicted molar refractivity (Wildman–Crippen MR) is 110 cm³/mol. The van der Waals surface area contributed by atoms with E-state index in [9.17, 15) is 8.78 Å². The normalized spacial score (nSPS) is 17.1. The van der Waals surface area contributed by atoms with Gasteiger partial charge in [-0.3, -0.25) is 14.5 Å². The van der Waals surface area contributed by atoms with Crippen molar-refractivity contribution < 1.29 is 8.78 Å². The van der Waals surface area contributed by atoms with Crippen molar-refractivity contribution in [3.8, 4) is 0 Å². The summed E-state index contributed by atoms with van der Waals surface area (Å²) in [6.45, 7) is 2.00. The highest BCUT2D eigenvalue weighted by Crippen LogP contribution is 2.35. The molecule has 6 heteroatoms. The third-order valence-corrected chi connectivity index (χ3v) is 5.18. The average molecular weight is 394 g/mol. The molecule has 0 spiro atoms. The largest absolute Gasteiger partial charge is 0.289 e. The number of hydrogen-bond acceptors (Lipinski definition) is 3. The van der Waals surface area contributed by atoms with Crippen LogP contribution in [-0.4, -0.2) is 39.8 Å². The van der Waals surface area contributed by atoms with Crippen LogP contribution in [0.5, 0.6) is 0 Å². The van der Waals surface area contributed by atoms with Gasteiger partial charge in [0.15, 0.2) is 0 Å². The van der Waals surface area contributed by atoms with Gasteiger partial charge in [0.25, 0.3) is 0 Å². The van der Waals surface area contributed by atoms with Gasteiger partial charge in [0.2, 0.25) is 0 Å². The molecule has 1 atom stereocenters. The van der Waals surface area contributed by atoms with Crippen LogP contribution in [0.4, 0.5) is 8.78 Å². The van der Waals surface area contributed by atoms with Crippen molar-refractivity contribution >= 4 is 5.57 Å². The van der Waals surface area contributed by atoms with Crippen molar-refractivity contribution in [3.63, 3.8) is 0 Å². The summed E-state index contributed by atoms with van der Waals surface area (Å²) in [4.78, 5) is 4.47. The Balaban J connectivity index is 1.58. The Morgan fingerprint density at radius 1 is 1.14 bits per heavy atom. The van der Waals surface area contributed by atoms with E-state index in [1.807, 2.05) is 43.7 Å². The summed E-state index contributed by atoms with van der Waals surface area (Å²) in [5, 5.41) is 4.22. The lowest BCUT2D eigenvalue weighted by Crippen LogP contribution is -2.35. The van der Waals surface area contributed by atoms with Gasteiger partial charge in [-0.1, -0.05) is 36.4 Å². The molecule has 0 bridgehead atoms. The quantitative estimate of drug-likeness (QED) is 0.625. The van der Waals surface area contributed by atoms with Gasteiger partial charge in [-0.2, -0.15) is 5.10 Å². The maximum Gasteiger partial charge on any atom is 0.130 e. The lowest BCUT2D eigenvalue weighted by molar-refractivity contribution is 0.147. The van der Waals surface area contributed by atoms with Gasteiger partial charge >= 0.3 is 0 Å². The van der Waals surface area contributed by atoms with E-state index in [1.54, 1.807) is 4.68 Å². The van der Waals surface area contributed by atoms with Crippen LogP contribution in [0.15, 0.2) is 67.0 Å². The summed E-state index contributed by atoms with van der Waals surface area (Å²) in [6.07, 6.45) is 5.91. The summed E-state index contributed by atoms with van der Waals surface area (Å²) in [7, 11) is 3.95. The Kier molecular flexibility index (Phi) is 5.56. The number of rotatable bonds is 6. The van der Waals surface area contributed by atoms with Crippen molar-refractivity contribution in [1.29, 1.82) is 0 Å². The summed E-state index contributed by atoms with van der Waals surface area (Å²) < 4.78 is 29.9. The Bertz CT molecular complexity index is 1010. The molecule has 4 rings (SSSR count). The molecular weight excluding hydrogens is 370 g/mol. The zero-order chi connectivity index (χ0) is 20.4. The summed E-state index contributed by atoms with van der Waals surface area (Å²) in [5.41, 5.74) is 3.41. The highest BCUT2D eigenvalue weighted by molar-refractivity contribution is 5.70. The lowest BCUT2D eigenvalue weighted by atomic mass is 10.0. The average Bonchev–Trinajstić information content (AvgIpc) is 3.30. The molecular formula is C23H24F2N4. The molecule has 0 saturated carbocycles. The molecule has 0 aliphatic carbocycles. The molecule has 1 unspecified atom stereocenters. The van der Waals surface area contributed by atoms with Gasteiger partial charge < -0.3 is 0 Å². The van der Waals surface area contributed by atoms with Crippen molar-refractivity contribution in [1.82, 2.24) is 19.6 Å². The standard InChI is InChI=1S/C23H24F2N4/c1-27(13-17-12-26-28(2)14-17)16-29-15-19(21-11-20(24)8-9-22(21)25)10-23(29)18-6-4-3-5-7-18/h3-12,14,23H,13,15-16H2,1-2H3. The van der Waals surface area contributed by atoms with Crippen LogP contribution < -0.4 is 0 Å². The Labute approximate surface area is 169 Å². The fourth-order valence-electron chi connectivity index (χ4n) is 3.90. The summed E-state index contributed by atoms with van der Waals surface area (Å²) in [5.74, 6) is -0.819. The van der Waals surface area contributed by atoms with E-state index in [4.69, 9.17) is 0 Å². The van der Waals surface area contributed by atoms with Crippen LogP contribution in [0.25, 0.3) is 5.57 Å². The first-order chi connectivity index (χ1) is 14.0.